The van der Waals surface area contributed by atoms with Crippen molar-refractivity contribution in [3.05, 3.63) is 46.4 Å². The molecule has 0 spiro atoms. The third-order valence-electron chi connectivity index (χ3n) is 3.38. The van der Waals surface area contributed by atoms with Crippen LogP contribution in [0.15, 0.2) is 36.4 Å². The summed E-state index contributed by atoms with van der Waals surface area (Å²) in [7, 11) is -12.0. The molecule has 5 nitrogen and oxygen atoms in total. The van der Waals surface area contributed by atoms with E-state index in [1.165, 1.54) is 0 Å². The molecule has 3 aromatic rings. The summed E-state index contributed by atoms with van der Waals surface area (Å²) < 4.78 is 80.2. The van der Waals surface area contributed by atoms with Crippen molar-refractivity contribution >= 4 is 47.7 Å². The molecule has 2 aromatic carbocycles. The molecule has 0 saturated heterocycles. The Labute approximate surface area is 158 Å². The van der Waals surface area contributed by atoms with E-state index in [4.69, 9.17) is 10.8 Å². The Hall–Kier alpha value is -3.35. The highest BCUT2D eigenvalue weighted by molar-refractivity contribution is 6.50. The average molecular weight is 423 g/mol. The normalized spacial score (nSPS) is 11.0. The highest BCUT2D eigenvalue weighted by Gasteiger charge is 2.21. The monoisotopic (exact) mass is 423 g/mol. The van der Waals surface area contributed by atoms with Gasteiger partial charge in [-0.05, 0) is 19.1 Å². The molecule has 0 aliphatic rings. The van der Waals surface area contributed by atoms with Crippen LogP contribution in [0.25, 0.3) is 31.8 Å². The Balaban J connectivity index is 0.000000353. The van der Waals surface area contributed by atoms with E-state index < -0.39 is 14.5 Å². The number of fused-ring (bicyclic) bond motifs is 3. The van der Waals surface area contributed by atoms with Gasteiger partial charge >= 0.3 is 25.9 Å². The number of diazo groups is 2. The molecule has 15 heteroatoms. The Bertz CT molecular complexity index is 983. The molecule has 0 amide bonds. The number of hydrogen-bond acceptors (Lipinski definition) is 2. The topological polar surface area (TPSA) is 61.2 Å². The van der Waals surface area contributed by atoms with E-state index in [2.05, 4.69) is 21.4 Å². The van der Waals surface area contributed by atoms with Gasteiger partial charge in [-0.2, -0.15) is 0 Å². The van der Waals surface area contributed by atoms with Crippen LogP contribution in [0.4, 0.5) is 45.9 Å². The van der Waals surface area contributed by atoms with E-state index in [1.807, 2.05) is 24.3 Å². The molecule has 0 radical (unpaired) electrons. The fourth-order valence-electron chi connectivity index (χ4n) is 2.55. The van der Waals surface area contributed by atoms with Gasteiger partial charge in [0, 0.05) is 52.6 Å². The Kier molecular flexibility index (Phi) is 7.54. The molecule has 1 heterocycles. The van der Waals surface area contributed by atoms with Gasteiger partial charge in [-0.1, -0.05) is 0 Å². The molecule has 0 atom stereocenters. The fraction of sp³-hybridized carbons (Fsp3) is 0.143. The second kappa shape index (κ2) is 9.23. The quantitative estimate of drug-likeness (QED) is 0.233. The molecular weight excluding hydrogens is 412 g/mol. The minimum Gasteiger partial charge on any atom is -0.418 e. The number of benzene rings is 2. The summed E-state index contributed by atoms with van der Waals surface area (Å²) in [6.45, 7) is 2.92. The first-order valence-electron chi connectivity index (χ1n) is 7.79. The van der Waals surface area contributed by atoms with Crippen LogP contribution in [0.5, 0.6) is 0 Å². The van der Waals surface area contributed by atoms with Gasteiger partial charge in [-0.15, -0.1) is 0 Å². The first-order valence-corrected chi connectivity index (χ1v) is 7.79. The number of nitrogens with zero attached hydrogens (tertiary/aromatic N) is 5. The minimum atomic E-state index is -6.00. The summed E-state index contributed by atoms with van der Waals surface area (Å²) in [4.78, 5) is 6.45. The van der Waals surface area contributed by atoms with Gasteiger partial charge in [0.15, 0.2) is 9.95 Å². The fourth-order valence-corrected chi connectivity index (χ4v) is 2.55. The molecule has 0 unspecified atom stereocenters. The van der Waals surface area contributed by atoms with Gasteiger partial charge in [0.2, 0.25) is 10.8 Å². The average Bonchev–Trinajstić information content (AvgIpc) is 2.90. The number of aryl methyl sites for hydroxylation is 1. The molecule has 3 rings (SSSR count). The maximum atomic E-state index is 9.75. The lowest BCUT2D eigenvalue weighted by Crippen LogP contribution is -2.02. The highest BCUT2D eigenvalue weighted by Crippen LogP contribution is 2.34. The predicted octanol–water partition coefficient (Wildman–Crippen LogP) is 7.38. The molecule has 0 N–H and O–H groups in total. The zero-order valence-corrected chi connectivity index (χ0v) is 14.6. The van der Waals surface area contributed by atoms with Crippen LogP contribution in [0.2, 0.25) is 0 Å². The number of rotatable bonds is 1. The Morgan fingerprint density at radius 1 is 0.724 bits per heavy atom. The van der Waals surface area contributed by atoms with E-state index in [9.17, 15) is 34.5 Å². The van der Waals surface area contributed by atoms with E-state index in [1.54, 1.807) is 12.1 Å². The molecule has 29 heavy (non-hydrogen) atoms. The maximum absolute atomic E-state index is 9.75. The van der Waals surface area contributed by atoms with Crippen molar-refractivity contribution in [2.75, 3.05) is 0 Å². The number of halogens is 8. The van der Waals surface area contributed by atoms with E-state index >= 15 is 0 Å². The van der Waals surface area contributed by atoms with Gasteiger partial charge in [-0.3, -0.25) is 0 Å². The summed E-state index contributed by atoms with van der Waals surface area (Å²) >= 11 is 0. The van der Waals surface area contributed by atoms with Crippen LogP contribution in [0.1, 0.15) is 6.92 Å². The van der Waals surface area contributed by atoms with E-state index in [-0.39, 0.29) is 0 Å². The summed E-state index contributed by atoms with van der Waals surface area (Å²) in [5.41, 5.74) is 3.16. The molecule has 1 aromatic heterocycles. The summed E-state index contributed by atoms with van der Waals surface area (Å²) in [6, 6.07) is 11.1. The molecule has 0 aliphatic carbocycles. The van der Waals surface area contributed by atoms with Crippen molar-refractivity contribution in [3.63, 3.8) is 0 Å². The van der Waals surface area contributed by atoms with E-state index in [0.717, 1.165) is 28.4 Å². The third kappa shape index (κ3) is 7.65. The molecular formula is C14H11B2F8N5. The van der Waals surface area contributed by atoms with Crippen LogP contribution in [-0.4, -0.2) is 19.1 Å². The second-order valence-corrected chi connectivity index (χ2v) is 5.34. The standard InChI is InChI=1S/C14H11N5.2BF4/c1-2-19-13-5-3-9(17-15)7-11(13)12-8-10(18-16)4-6-14(12)19;2*2-1(3,4)5/h3-8H,2H2,1H3;;/q+2;2*-1. The first kappa shape index (κ1) is 23.7. The predicted molar refractivity (Wildman–Crippen MR) is 95.0 cm³/mol. The van der Waals surface area contributed by atoms with Crippen LogP contribution < -0.4 is 0 Å². The summed E-state index contributed by atoms with van der Waals surface area (Å²) in [5, 5.41) is 19.8. The Morgan fingerprint density at radius 3 is 1.28 bits per heavy atom. The van der Waals surface area contributed by atoms with E-state index in [0.29, 0.717) is 11.4 Å². The van der Waals surface area contributed by atoms with Crippen molar-refractivity contribution in [2.24, 2.45) is 0 Å². The van der Waals surface area contributed by atoms with Gasteiger partial charge in [-0.25, -0.2) is 0 Å². The zero-order chi connectivity index (χ0) is 22.4. The van der Waals surface area contributed by atoms with Crippen LogP contribution in [0, 0.1) is 10.8 Å². The lowest BCUT2D eigenvalue weighted by Gasteiger charge is -2.01. The van der Waals surface area contributed by atoms with Crippen molar-refractivity contribution < 1.29 is 34.5 Å². The van der Waals surface area contributed by atoms with Crippen LogP contribution >= 0.6 is 0 Å². The van der Waals surface area contributed by atoms with Crippen LogP contribution in [-0.2, 0) is 6.54 Å². The van der Waals surface area contributed by atoms with Crippen molar-refractivity contribution in [1.82, 2.24) is 4.57 Å². The van der Waals surface area contributed by atoms with Gasteiger partial charge in [0.1, 0.15) is 0 Å². The largest absolute Gasteiger partial charge is 0.673 e. The Morgan fingerprint density at radius 2 is 1.03 bits per heavy atom. The smallest absolute Gasteiger partial charge is 0.418 e. The molecule has 154 valence electrons. The summed E-state index contributed by atoms with van der Waals surface area (Å²) in [6.07, 6.45) is 0. The van der Waals surface area contributed by atoms with Gasteiger partial charge in [0.05, 0.1) is 0 Å². The SMILES string of the molecule is CCn1c2ccc([N+]#N)cc2c2cc([N+]#N)ccc21.F[B-](F)(F)F.F[B-](F)(F)F. The van der Waals surface area contributed by atoms with Crippen molar-refractivity contribution in [2.45, 2.75) is 13.5 Å². The number of aromatic nitrogens is 1. The molecule has 0 aliphatic heterocycles. The second-order valence-electron chi connectivity index (χ2n) is 5.34. The minimum absolute atomic E-state index is 0.508. The van der Waals surface area contributed by atoms with Crippen LogP contribution in [0.3, 0.4) is 0 Å². The molecule has 0 bridgehead atoms. The van der Waals surface area contributed by atoms with Gasteiger partial charge < -0.3 is 39.1 Å². The zero-order valence-electron chi connectivity index (χ0n) is 14.6. The highest BCUT2D eigenvalue weighted by atomic mass is 19.5. The molecule has 0 saturated carbocycles. The molecule has 0 fully saturated rings. The summed E-state index contributed by atoms with van der Waals surface area (Å²) in [5.74, 6) is 0. The number of hydrogen-bond donors (Lipinski definition) is 0. The lowest BCUT2D eigenvalue weighted by molar-refractivity contribution is 0.366. The maximum Gasteiger partial charge on any atom is 0.673 e. The lowest BCUT2D eigenvalue weighted by atomic mass is 10.1. The third-order valence-corrected chi connectivity index (χ3v) is 3.38. The van der Waals surface area contributed by atoms with Crippen molar-refractivity contribution in [3.8, 4) is 0 Å². The van der Waals surface area contributed by atoms with Gasteiger partial charge in [0.25, 0.3) is 0 Å². The van der Waals surface area contributed by atoms with Crippen molar-refractivity contribution in [1.29, 1.82) is 10.8 Å². The first-order chi connectivity index (χ1) is 13.3.